The van der Waals surface area contributed by atoms with E-state index in [2.05, 4.69) is 20.3 Å². The van der Waals surface area contributed by atoms with Crippen molar-refractivity contribution in [1.82, 2.24) is 9.55 Å². The molecule has 0 radical (unpaired) electrons. The number of hydrogen-bond donors (Lipinski definition) is 2. The molecular formula is C26H28N4O3S. The second kappa shape index (κ2) is 9.02. The summed E-state index contributed by atoms with van der Waals surface area (Å²) in [5, 5.41) is 0.933. The summed E-state index contributed by atoms with van der Waals surface area (Å²) in [6, 6.07) is 19.3. The van der Waals surface area contributed by atoms with E-state index in [0.717, 1.165) is 35.0 Å². The van der Waals surface area contributed by atoms with Crippen LogP contribution in [0.5, 0.6) is 11.6 Å². The highest BCUT2D eigenvalue weighted by atomic mass is 32.2. The number of hydrogen-bond acceptors (Lipinski definition) is 5. The van der Waals surface area contributed by atoms with Crippen molar-refractivity contribution in [3.05, 3.63) is 66.9 Å². The van der Waals surface area contributed by atoms with E-state index >= 15 is 0 Å². The van der Waals surface area contributed by atoms with E-state index in [9.17, 15) is 8.42 Å². The molecule has 0 atom stereocenters. The molecule has 0 aliphatic heterocycles. The largest absolute Gasteiger partial charge is 0.439 e. The smallest absolute Gasteiger partial charge is 0.232 e. The lowest BCUT2D eigenvalue weighted by Gasteiger charge is -2.30. The zero-order chi connectivity index (χ0) is 23.7. The van der Waals surface area contributed by atoms with E-state index in [0.29, 0.717) is 35.5 Å². The molecule has 2 heterocycles. The van der Waals surface area contributed by atoms with Gasteiger partial charge in [-0.25, -0.2) is 13.4 Å². The summed E-state index contributed by atoms with van der Waals surface area (Å²) in [5.41, 5.74) is 10.9. The molecule has 2 aromatic heterocycles. The summed E-state index contributed by atoms with van der Waals surface area (Å²) in [6.45, 7) is 1.84. The Morgan fingerprint density at radius 1 is 1.12 bits per heavy atom. The Hall–Kier alpha value is -3.52. The van der Waals surface area contributed by atoms with E-state index < -0.39 is 10.0 Å². The van der Waals surface area contributed by atoms with Crippen molar-refractivity contribution in [2.75, 3.05) is 16.2 Å². The van der Waals surface area contributed by atoms with Crippen LogP contribution in [-0.2, 0) is 10.0 Å². The first-order valence-corrected chi connectivity index (χ1v) is 13.2. The second-order valence-electron chi connectivity index (χ2n) is 8.66. The van der Waals surface area contributed by atoms with Gasteiger partial charge in [0.05, 0.1) is 22.7 Å². The highest BCUT2D eigenvalue weighted by Crippen LogP contribution is 2.45. The number of nitrogens with zero attached hydrogens (tertiary/aromatic N) is 2. The van der Waals surface area contributed by atoms with Gasteiger partial charge in [0.1, 0.15) is 5.75 Å². The van der Waals surface area contributed by atoms with Gasteiger partial charge in [-0.2, -0.15) is 0 Å². The molecule has 3 N–H and O–H groups in total. The average Bonchev–Trinajstić information content (AvgIpc) is 3.05. The Balaban J connectivity index is 1.54. The fourth-order valence-electron chi connectivity index (χ4n) is 4.42. The third kappa shape index (κ3) is 4.33. The second-order valence-corrected chi connectivity index (χ2v) is 10.5. The van der Waals surface area contributed by atoms with Crippen molar-refractivity contribution in [2.45, 2.75) is 38.6 Å². The van der Waals surface area contributed by atoms with Gasteiger partial charge in [0.2, 0.25) is 15.9 Å². The number of ether oxygens (including phenoxy) is 1. The minimum absolute atomic E-state index is 0.0977. The first-order valence-electron chi connectivity index (χ1n) is 11.6. The maximum absolute atomic E-state index is 12.1. The highest BCUT2D eigenvalue weighted by Gasteiger charge is 2.27. The van der Waals surface area contributed by atoms with Gasteiger partial charge in [-0.05, 0) is 62.1 Å². The van der Waals surface area contributed by atoms with Crippen LogP contribution in [0.25, 0.3) is 22.2 Å². The number of pyridine rings is 1. The van der Waals surface area contributed by atoms with Crippen LogP contribution in [-0.4, -0.2) is 23.7 Å². The standard InChI is InChI=1S/C26H28N4O3S/c1-2-16-34(31,32)29-19-11-9-18(10-12-19)26-25(27)22-17-21(33-24-8-3-4-15-28-24)13-14-23(22)30(26)20-6-5-7-20/h3-4,8-15,17,20,29H,2,5-7,16,27H2,1H3. The number of fused-ring (bicyclic) bond motifs is 1. The number of rotatable bonds is 8. The van der Waals surface area contributed by atoms with E-state index in [1.54, 1.807) is 18.3 Å². The molecule has 176 valence electrons. The maximum atomic E-state index is 12.1. The molecule has 4 aromatic rings. The highest BCUT2D eigenvalue weighted by molar-refractivity contribution is 7.92. The van der Waals surface area contributed by atoms with Gasteiger partial charge in [0.25, 0.3) is 0 Å². The van der Waals surface area contributed by atoms with Crippen LogP contribution in [0.4, 0.5) is 11.4 Å². The lowest BCUT2D eigenvalue weighted by Crippen LogP contribution is -2.18. The summed E-state index contributed by atoms with van der Waals surface area (Å²) in [5.74, 6) is 1.30. The Morgan fingerprint density at radius 3 is 2.56 bits per heavy atom. The monoisotopic (exact) mass is 476 g/mol. The summed E-state index contributed by atoms with van der Waals surface area (Å²) in [4.78, 5) is 4.24. The number of benzene rings is 2. The molecule has 1 aliphatic rings. The summed E-state index contributed by atoms with van der Waals surface area (Å²) < 4.78 is 35.2. The normalized spacial score (nSPS) is 14.1. The fourth-order valence-corrected chi connectivity index (χ4v) is 5.56. The van der Waals surface area contributed by atoms with Crippen molar-refractivity contribution in [3.63, 3.8) is 0 Å². The Bertz CT molecular complexity index is 1410. The molecule has 1 fully saturated rings. The molecule has 8 heteroatoms. The van der Waals surface area contributed by atoms with Gasteiger partial charge in [-0.3, -0.25) is 4.72 Å². The molecule has 5 rings (SSSR count). The molecule has 7 nitrogen and oxygen atoms in total. The van der Waals surface area contributed by atoms with Crippen LogP contribution >= 0.6 is 0 Å². The first-order chi connectivity index (χ1) is 16.4. The SMILES string of the molecule is CCCS(=O)(=O)Nc1ccc(-c2c(N)c3cc(Oc4ccccn4)ccc3n2C2CCC2)cc1. The summed E-state index contributed by atoms with van der Waals surface area (Å²) >= 11 is 0. The van der Waals surface area contributed by atoms with Gasteiger partial charge >= 0.3 is 0 Å². The minimum atomic E-state index is -3.34. The molecule has 0 unspecified atom stereocenters. The van der Waals surface area contributed by atoms with Crippen LogP contribution in [0.1, 0.15) is 38.6 Å². The Labute approximate surface area is 199 Å². The van der Waals surface area contributed by atoms with Gasteiger partial charge < -0.3 is 15.0 Å². The molecule has 2 aromatic carbocycles. The Morgan fingerprint density at radius 2 is 1.91 bits per heavy atom. The molecule has 34 heavy (non-hydrogen) atoms. The van der Waals surface area contributed by atoms with Gasteiger partial charge in [0.15, 0.2) is 0 Å². The van der Waals surface area contributed by atoms with Crippen molar-refractivity contribution in [1.29, 1.82) is 0 Å². The topological polar surface area (TPSA) is 99.2 Å². The number of anilines is 2. The number of nitrogens with two attached hydrogens (primary N) is 1. The minimum Gasteiger partial charge on any atom is -0.439 e. The lowest BCUT2D eigenvalue weighted by atomic mass is 9.92. The van der Waals surface area contributed by atoms with Crippen LogP contribution < -0.4 is 15.2 Å². The molecular weight excluding hydrogens is 448 g/mol. The van der Waals surface area contributed by atoms with Gasteiger partial charge in [0, 0.05) is 34.9 Å². The van der Waals surface area contributed by atoms with E-state index in [1.807, 2.05) is 49.4 Å². The summed E-state index contributed by atoms with van der Waals surface area (Å²) in [6.07, 6.45) is 5.67. The quantitative estimate of drug-likeness (QED) is 0.327. The van der Waals surface area contributed by atoms with Gasteiger partial charge in [-0.1, -0.05) is 25.1 Å². The van der Waals surface area contributed by atoms with Crippen LogP contribution in [0.2, 0.25) is 0 Å². The van der Waals surface area contributed by atoms with Crippen LogP contribution in [0.15, 0.2) is 66.9 Å². The molecule has 0 amide bonds. The number of aromatic nitrogens is 2. The lowest BCUT2D eigenvalue weighted by molar-refractivity contribution is 0.324. The van der Waals surface area contributed by atoms with E-state index in [1.165, 1.54) is 6.42 Å². The zero-order valence-electron chi connectivity index (χ0n) is 19.1. The van der Waals surface area contributed by atoms with E-state index in [4.69, 9.17) is 10.5 Å². The Kier molecular flexibility index (Phi) is 5.91. The van der Waals surface area contributed by atoms with Crippen molar-refractivity contribution in [3.8, 4) is 22.9 Å². The average molecular weight is 477 g/mol. The zero-order valence-corrected chi connectivity index (χ0v) is 19.9. The summed E-state index contributed by atoms with van der Waals surface area (Å²) in [7, 11) is -3.34. The van der Waals surface area contributed by atoms with Crippen molar-refractivity contribution >= 4 is 32.3 Å². The van der Waals surface area contributed by atoms with Crippen LogP contribution in [0, 0.1) is 0 Å². The molecule has 0 spiro atoms. The van der Waals surface area contributed by atoms with Gasteiger partial charge in [-0.15, -0.1) is 0 Å². The number of nitrogen functional groups attached to an aromatic ring is 1. The first kappa shape index (κ1) is 22.3. The number of sulfonamides is 1. The predicted octanol–water partition coefficient (Wildman–Crippen LogP) is 5.95. The van der Waals surface area contributed by atoms with Crippen molar-refractivity contribution < 1.29 is 13.2 Å². The van der Waals surface area contributed by atoms with Crippen LogP contribution in [0.3, 0.4) is 0 Å². The number of nitrogens with one attached hydrogen (secondary N) is 1. The molecule has 1 aliphatic carbocycles. The predicted molar refractivity (Wildman–Crippen MR) is 137 cm³/mol. The molecule has 1 saturated carbocycles. The molecule has 0 bridgehead atoms. The third-order valence-corrected chi connectivity index (χ3v) is 7.71. The maximum Gasteiger partial charge on any atom is 0.232 e. The van der Waals surface area contributed by atoms with Crippen molar-refractivity contribution in [2.24, 2.45) is 0 Å². The van der Waals surface area contributed by atoms with E-state index in [-0.39, 0.29) is 5.75 Å². The third-order valence-electron chi connectivity index (χ3n) is 6.22. The molecule has 0 saturated heterocycles. The fraction of sp³-hybridized carbons (Fsp3) is 0.269.